The van der Waals surface area contributed by atoms with E-state index in [9.17, 15) is 9.18 Å². The Labute approximate surface area is 111 Å². The van der Waals surface area contributed by atoms with E-state index in [-0.39, 0.29) is 18.3 Å². The van der Waals surface area contributed by atoms with Gasteiger partial charge in [0.25, 0.3) is 0 Å². The Hall–Kier alpha value is -2.23. The van der Waals surface area contributed by atoms with Crippen molar-refractivity contribution in [1.82, 2.24) is 10.3 Å². The van der Waals surface area contributed by atoms with E-state index in [0.717, 1.165) is 5.69 Å². The molecule has 1 heterocycles. The number of carbonyl (C=O) groups is 1. The van der Waals surface area contributed by atoms with Crippen molar-refractivity contribution < 1.29 is 9.18 Å². The van der Waals surface area contributed by atoms with Crippen molar-refractivity contribution in [3.05, 3.63) is 65.7 Å². The van der Waals surface area contributed by atoms with Crippen LogP contribution in [0.1, 0.15) is 17.7 Å². The Balaban J connectivity index is 1.78. The van der Waals surface area contributed by atoms with Crippen molar-refractivity contribution in [3.8, 4) is 0 Å². The first-order valence-corrected chi connectivity index (χ1v) is 6.16. The smallest absolute Gasteiger partial charge is 0.220 e. The van der Waals surface area contributed by atoms with Crippen LogP contribution in [-0.2, 0) is 17.8 Å². The van der Waals surface area contributed by atoms with Crippen molar-refractivity contribution >= 4 is 5.91 Å². The first kappa shape index (κ1) is 13.2. The number of hydrogen-bond acceptors (Lipinski definition) is 2. The SMILES string of the molecule is O=C(CCc1ccccn1)NCc1ccccc1F. The summed E-state index contributed by atoms with van der Waals surface area (Å²) < 4.78 is 13.3. The summed E-state index contributed by atoms with van der Waals surface area (Å²) in [4.78, 5) is 15.8. The van der Waals surface area contributed by atoms with Gasteiger partial charge in [-0.1, -0.05) is 24.3 Å². The summed E-state index contributed by atoms with van der Waals surface area (Å²) in [5.74, 6) is -0.401. The highest BCUT2D eigenvalue weighted by molar-refractivity contribution is 5.76. The second-order valence-electron chi connectivity index (χ2n) is 4.19. The lowest BCUT2D eigenvalue weighted by atomic mass is 10.2. The molecule has 0 unspecified atom stereocenters. The third-order valence-electron chi connectivity index (χ3n) is 2.77. The normalized spacial score (nSPS) is 10.2. The Morgan fingerprint density at radius 3 is 2.68 bits per heavy atom. The minimum atomic E-state index is -0.299. The maximum absolute atomic E-state index is 13.3. The van der Waals surface area contributed by atoms with Crippen molar-refractivity contribution in [2.45, 2.75) is 19.4 Å². The van der Waals surface area contributed by atoms with Crippen molar-refractivity contribution in [1.29, 1.82) is 0 Å². The van der Waals surface area contributed by atoms with E-state index in [2.05, 4.69) is 10.3 Å². The number of rotatable bonds is 5. The summed E-state index contributed by atoms with van der Waals surface area (Å²) in [7, 11) is 0. The molecule has 1 amide bonds. The van der Waals surface area contributed by atoms with E-state index < -0.39 is 0 Å². The molecule has 0 fully saturated rings. The predicted octanol–water partition coefficient (Wildman–Crippen LogP) is 2.47. The first-order valence-electron chi connectivity index (χ1n) is 6.16. The molecular weight excluding hydrogens is 243 g/mol. The molecule has 2 rings (SSSR count). The van der Waals surface area contributed by atoms with Gasteiger partial charge in [0, 0.05) is 30.4 Å². The number of nitrogens with one attached hydrogen (secondary N) is 1. The van der Waals surface area contributed by atoms with Gasteiger partial charge >= 0.3 is 0 Å². The second kappa shape index (κ2) is 6.64. The van der Waals surface area contributed by atoms with Crippen LogP contribution in [0.15, 0.2) is 48.7 Å². The van der Waals surface area contributed by atoms with Crippen molar-refractivity contribution in [2.24, 2.45) is 0 Å². The highest BCUT2D eigenvalue weighted by atomic mass is 19.1. The number of hydrogen-bond donors (Lipinski definition) is 1. The molecule has 0 bridgehead atoms. The van der Waals surface area contributed by atoms with Crippen molar-refractivity contribution in [2.75, 3.05) is 0 Å². The molecule has 0 saturated carbocycles. The highest BCUT2D eigenvalue weighted by Gasteiger charge is 2.05. The number of benzene rings is 1. The standard InChI is InChI=1S/C15H15FN2O/c16-14-7-2-1-5-12(14)11-18-15(19)9-8-13-6-3-4-10-17-13/h1-7,10H,8-9,11H2,(H,18,19). The van der Waals surface area contributed by atoms with Gasteiger partial charge in [-0.05, 0) is 24.6 Å². The number of halogens is 1. The summed E-state index contributed by atoms with van der Waals surface area (Å²) in [6.07, 6.45) is 2.64. The van der Waals surface area contributed by atoms with Crippen LogP contribution in [0.5, 0.6) is 0 Å². The third kappa shape index (κ3) is 4.17. The van der Waals surface area contributed by atoms with Crippen LogP contribution in [0.25, 0.3) is 0 Å². The minimum absolute atomic E-state index is 0.103. The number of aromatic nitrogens is 1. The van der Waals surface area contributed by atoms with Gasteiger partial charge < -0.3 is 5.32 Å². The molecule has 0 saturated heterocycles. The quantitative estimate of drug-likeness (QED) is 0.895. The molecule has 2 aromatic rings. The number of carbonyl (C=O) groups excluding carboxylic acids is 1. The zero-order chi connectivity index (χ0) is 13.5. The summed E-state index contributed by atoms with van der Waals surface area (Å²) in [6, 6.07) is 12.0. The van der Waals surface area contributed by atoms with Crippen LogP contribution in [0.2, 0.25) is 0 Å². The van der Waals surface area contributed by atoms with Gasteiger partial charge in [-0.2, -0.15) is 0 Å². The van der Waals surface area contributed by atoms with Crippen LogP contribution in [0, 0.1) is 5.82 Å². The largest absolute Gasteiger partial charge is 0.352 e. The molecule has 0 aliphatic rings. The summed E-state index contributed by atoms with van der Waals surface area (Å²) in [5, 5.41) is 2.70. The van der Waals surface area contributed by atoms with Gasteiger partial charge in [0.2, 0.25) is 5.91 Å². The highest BCUT2D eigenvalue weighted by Crippen LogP contribution is 2.05. The summed E-state index contributed by atoms with van der Waals surface area (Å²) >= 11 is 0. The molecule has 0 aliphatic heterocycles. The van der Waals surface area contributed by atoms with E-state index in [1.807, 2.05) is 18.2 Å². The van der Waals surface area contributed by atoms with E-state index in [4.69, 9.17) is 0 Å². The van der Waals surface area contributed by atoms with Gasteiger partial charge in [-0.25, -0.2) is 4.39 Å². The molecule has 0 atom stereocenters. The Kier molecular flexibility index (Phi) is 4.61. The Bertz CT molecular complexity index is 543. The second-order valence-corrected chi connectivity index (χ2v) is 4.19. The number of aryl methyl sites for hydroxylation is 1. The fourth-order valence-corrected chi connectivity index (χ4v) is 1.71. The molecule has 0 radical (unpaired) electrons. The molecule has 4 heteroatoms. The minimum Gasteiger partial charge on any atom is -0.352 e. The molecule has 3 nitrogen and oxygen atoms in total. The van der Waals surface area contributed by atoms with Crippen LogP contribution < -0.4 is 5.32 Å². The third-order valence-corrected chi connectivity index (χ3v) is 2.77. The van der Waals surface area contributed by atoms with Gasteiger partial charge in [-0.15, -0.1) is 0 Å². The Morgan fingerprint density at radius 1 is 1.16 bits per heavy atom. The topological polar surface area (TPSA) is 42.0 Å². The Morgan fingerprint density at radius 2 is 1.95 bits per heavy atom. The lowest BCUT2D eigenvalue weighted by Crippen LogP contribution is -2.23. The first-order chi connectivity index (χ1) is 9.25. The van der Waals surface area contributed by atoms with Gasteiger partial charge in [-0.3, -0.25) is 9.78 Å². The summed E-state index contributed by atoms with van der Waals surface area (Å²) in [6.45, 7) is 0.216. The molecule has 19 heavy (non-hydrogen) atoms. The molecule has 0 spiro atoms. The van der Waals surface area contributed by atoms with Gasteiger partial charge in [0.15, 0.2) is 0 Å². The van der Waals surface area contributed by atoms with Gasteiger partial charge in [0.1, 0.15) is 5.82 Å². The fourth-order valence-electron chi connectivity index (χ4n) is 1.71. The summed E-state index contributed by atoms with van der Waals surface area (Å²) in [5.41, 5.74) is 1.37. The lowest BCUT2D eigenvalue weighted by Gasteiger charge is -2.06. The van der Waals surface area contributed by atoms with Crippen LogP contribution >= 0.6 is 0 Å². The number of pyridine rings is 1. The molecule has 98 valence electrons. The van der Waals surface area contributed by atoms with Crippen molar-refractivity contribution in [3.63, 3.8) is 0 Å². The predicted molar refractivity (Wildman–Crippen MR) is 70.8 cm³/mol. The van der Waals surface area contributed by atoms with E-state index in [1.54, 1.807) is 24.4 Å². The maximum Gasteiger partial charge on any atom is 0.220 e. The molecule has 1 aromatic carbocycles. The van der Waals surface area contributed by atoms with Crippen LogP contribution in [-0.4, -0.2) is 10.9 Å². The fraction of sp³-hybridized carbons (Fsp3) is 0.200. The zero-order valence-electron chi connectivity index (χ0n) is 10.5. The zero-order valence-corrected chi connectivity index (χ0v) is 10.5. The molecule has 1 aromatic heterocycles. The average molecular weight is 258 g/mol. The monoisotopic (exact) mass is 258 g/mol. The lowest BCUT2D eigenvalue weighted by molar-refractivity contribution is -0.121. The molecule has 1 N–H and O–H groups in total. The van der Waals surface area contributed by atoms with Gasteiger partial charge in [0.05, 0.1) is 0 Å². The van der Waals surface area contributed by atoms with Crippen LogP contribution in [0.3, 0.4) is 0 Å². The average Bonchev–Trinajstić information content (AvgIpc) is 2.45. The molecule has 0 aliphatic carbocycles. The van der Waals surface area contributed by atoms with E-state index in [0.29, 0.717) is 18.4 Å². The van der Waals surface area contributed by atoms with Crippen LogP contribution in [0.4, 0.5) is 4.39 Å². The maximum atomic E-state index is 13.3. The van der Waals surface area contributed by atoms with E-state index in [1.165, 1.54) is 6.07 Å². The molecular formula is C15H15FN2O. The number of nitrogens with zero attached hydrogens (tertiary/aromatic N) is 1. The number of amides is 1. The van der Waals surface area contributed by atoms with E-state index >= 15 is 0 Å².